The maximum atomic E-state index is 12.1. The van der Waals surface area contributed by atoms with Crippen molar-refractivity contribution in [3.05, 3.63) is 58.6 Å². The third kappa shape index (κ3) is 5.47. The quantitative estimate of drug-likeness (QED) is 0.742. The monoisotopic (exact) mass is 386 g/mol. The van der Waals surface area contributed by atoms with Gasteiger partial charge in [0.15, 0.2) is 6.61 Å². The van der Waals surface area contributed by atoms with E-state index in [9.17, 15) is 9.59 Å². The molecule has 0 bridgehead atoms. The first-order chi connectivity index (χ1) is 12.9. The molecule has 0 radical (unpaired) electrons. The summed E-state index contributed by atoms with van der Waals surface area (Å²) in [7, 11) is 0. The van der Waals surface area contributed by atoms with Gasteiger partial charge in [0, 0.05) is 11.7 Å². The van der Waals surface area contributed by atoms with Crippen LogP contribution in [-0.2, 0) is 4.79 Å². The number of nitrogens with one attached hydrogen (secondary N) is 2. The molecular formula is C21H23ClN2O3. The lowest BCUT2D eigenvalue weighted by Gasteiger charge is -2.11. The van der Waals surface area contributed by atoms with Gasteiger partial charge in [-0.25, -0.2) is 0 Å². The van der Waals surface area contributed by atoms with Crippen LogP contribution in [0.25, 0.3) is 0 Å². The molecule has 1 aliphatic rings. The number of hydrogen-bond donors (Lipinski definition) is 2. The molecule has 0 atom stereocenters. The van der Waals surface area contributed by atoms with E-state index in [1.54, 1.807) is 18.2 Å². The lowest BCUT2D eigenvalue weighted by atomic mass is 10.0. The van der Waals surface area contributed by atoms with Gasteiger partial charge in [-0.2, -0.15) is 0 Å². The zero-order valence-corrected chi connectivity index (χ0v) is 16.2. The first-order valence-corrected chi connectivity index (χ1v) is 9.43. The molecule has 0 saturated heterocycles. The van der Waals surface area contributed by atoms with Crippen LogP contribution in [0, 0.1) is 0 Å². The van der Waals surface area contributed by atoms with Gasteiger partial charge in [-0.15, -0.1) is 0 Å². The van der Waals surface area contributed by atoms with Gasteiger partial charge in [0.1, 0.15) is 5.75 Å². The van der Waals surface area contributed by atoms with Crippen molar-refractivity contribution < 1.29 is 14.3 Å². The molecule has 142 valence electrons. The predicted molar refractivity (Wildman–Crippen MR) is 107 cm³/mol. The number of benzene rings is 2. The van der Waals surface area contributed by atoms with Crippen molar-refractivity contribution in [3.63, 3.8) is 0 Å². The van der Waals surface area contributed by atoms with Crippen LogP contribution in [0.15, 0.2) is 42.5 Å². The van der Waals surface area contributed by atoms with Crippen LogP contribution in [0.1, 0.15) is 48.5 Å². The number of rotatable bonds is 7. The summed E-state index contributed by atoms with van der Waals surface area (Å²) >= 11 is 6.19. The Balaban J connectivity index is 1.55. The second-order valence-electron chi connectivity index (χ2n) is 7.01. The molecule has 6 heteroatoms. The Morgan fingerprint density at radius 3 is 2.63 bits per heavy atom. The highest BCUT2D eigenvalue weighted by Crippen LogP contribution is 2.24. The molecule has 3 rings (SSSR count). The molecule has 1 saturated carbocycles. The van der Waals surface area contributed by atoms with Crippen LogP contribution in [0.3, 0.4) is 0 Å². The molecule has 2 aromatic carbocycles. The summed E-state index contributed by atoms with van der Waals surface area (Å²) in [4.78, 5) is 24.2. The number of carbonyl (C=O) groups is 2. The van der Waals surface area contributed by atoms with E-state index in [0.29, 0.717) is 27.9 Å². The minimum atomic E-state index is -0.295. The molecule has 0 heterocycles. The summed E-state index contributed by atoms with van der Waals surface area (Å²) in [5, 5.41) is 5.92. The smallest absolute Gasteiger partial charge is 0.262 e. The van der Waals surface area contributed by atoms with E-state index in [4.69, 9.17) is 16.3 Å². The van der Waals surface area contributed by atoms with Gasteiger partial charge in [-0.05, 0) is 54.7 Å². The number of halogens is 1. The van der Waals surface area contributed by atoms with Gasteiger partial charge in [0.25, 0.3) is 11.8 Å². The fourth-order valence-corrected chi connectivity index (χ4v) is 2.84. The van der Waals surface area contributed by atoms with Gasteiger partial charge >= 0.3 is 0 Å². The molecule has 2 N–H and O–H groups in total. The number of hydrogen-bond acceptors (Lipinski definition) is 3. The van der Waals surface area contributed by atoms with Crippen LogP contribution < -0.4 is 15.4 Å². The molecule has 2 aromatic rings. The molecule has 0 aromatic heterocycles. The Labute approximate surface area is 164 Å². The zero-order chi connectivity index (χ0) is 19.4. The lowest BCUT2D eigenvalue weighted by Crippen LogP contribution is -2.25. The van der Waals surface area contributed by atoms with Gasteiger partial charge in [0.2, 0.25) is 0 Å². The van der Waals surface area contributed by atoms with Crippen LogP contribution in [0.5, 0.6) is 5.75 Å². The largest absolute Gasteiger partial charge is 0.484 e. The Bertz CT molecular complexity index is 847. The highest BCUT2D eigenvalue weighted by atomic mass is 35.5. The minimum absolute atomic E-state index is 0.108. The topological polar surface area (TPSA) is 67.4 Å². The van der Waals surface area contributed by atoms with Crippen molar-refractivity contribution >= 4 is 29.1 Å². The number of amides is 2. The van der Waals surface area contributed by atoms with Crippen molar-refractivity contribution in [3.8, 4) is 5.75 Å². The van der Waals surface area contributed by atoms with E-state index in [2.05, 4.69) is 24.5 Å². The average Bonchev–Trinajstić information content (AvgIpc) is 3.44. The molecule has 5 nitrogen and oxygen atoms in total. The maximum absolute atomic E-state index is 12.1. The Morgan fingerprint density at radius 2 is 1.96 bits per heavy atom. The Hall–Kier alpha value is -2.53. The SMILES string of the molecule is CC(C)c1cccc(OCC(=O)Nc2ccc(C(=O)NC3CC3)c(Cl)c2)c1. The summed E-state index contributed by atoms with van der Waals surface area (Å²) in [6.45, 7) is 4.09. The summed E-state index contributed by atoms with van der Waals surface area (Å²) < 4.78 is 5.56. The Kier molecular flexibility index (Phi) is 6.01. The van der Waals surface area contributed by atoms with E-state index < -0.39 is 0 Å². The van der Waals surface area contributed by atoms with E-state index in [-0.39, 0.29) is 24.5 Å². The second kappa shape index (κ2) is 8.44. The van der Waals surface area contributed by atoms with Crippen LogP contribution >= 0.6 is 11.6 Å². The molecular weight excluding hydrogens is 364 g/mol. The molecule has 0 unspecified atom stereocenters. The summed E-state index contributed by atoms with van der Waals surface area (Å²) in [5.41, 5.74) is 2.08. The molecule has 0 aliphatic heterocycles. The average molecular weight is 387 g/mol. The molecule has 0 spiro atoms. The first-order valence-electron chi connectivity index (χ1n) is 9.05. The number of anilines is 1. The van der Waals surface area contributed by atoms with Crippen molar-refractivity contribution in [1.29, 1.82) is 0 Å². The van der Waals surface area contributed by atoms with E-state index >= 15 is 0 Å². The van der Waals surface area contributed by atoms with Crippen molar-refractivity contribution in [2.24, 2.45) is 0 Å². The van der Waals surface area contributed by atoms with Crippen molar-refractivity contribution in [2.75, 3.05) is 11.9 Å². The minimum Gasteiger partial charge on any atom is -0.484 e. The normalized spacial score (nSPS) is 13.3. The second-order valence-corrected chi connectivity index (χ2v) is 7.41. The lowest BCUT2D eigenvalue weighted by molar-refractivity contribution is -0.118. The maximum Gasteiger partial charge on any atom is 0.262 e. The van der Waals surface area contributed by atoms with Crippen LogP contribution in [-0.4, -0.2) is 24.5 Å². The van der Waals surface area contributed by atoms with E-state index in [1.165, 1.54) is 0 Å². The Morgan fingerprint density at radius 1 is 1.19 bits per heavy atom. The summed E-state index contributed by atoms with van der Waals surface area (Å²) in [5.74, 6) is 0.562. The fourth-order valence-electron chi connectivity index (χ4n) is 2.58. The van der Waals surface area contributed by atoms with Gasteiger partial charge in [-0.1, -0.05) is 37.6 Å². The third-order valence-corrected chi connectivity index (χ3v) is 4.62. The van der Waals surface area contributed by atoms with Gasteiger partial charge < -0.3 is 15.4 Å². The molecule has 1 aliphatic carbocycles. The number of ether oxygens (including phenoxy) is 1. The molecule has 2 amide bonds. The van der Waals surface area contributed by atoms with E-state index in [0.717, 1.165) is 18.4 Å². The summed E-state index contributed by atoms with van der Waals surface area (Å²) in [6, 6.07) is 12.8. The zero-order valence-electron chi connectivity index (χ0n) is 15.4. The standard InChI is InChI=1S/C21H23ClN2O3/c1-13(2)14-4-3-5-17(10-14)27-12-20(25)23-16-8-9-18(19(22)11-16)21(26)24-15-6-7-15/h3-5,8-11,13,15H,6-7,12H2,1-2H3,(H,23,25)(H,24,26). The fraction of sp³-hybridized carbons (Fsp3) is 0.333. The first kappa shape index (κ1) is 19.2. The highest BCUT2D eigenvalue weighted by Gasteiger charge is 2.24. The highest BCUT2D eigenvalue weighted by molar-refractivity contribution is 6.34. The van der Waals surface area contributed by atoms with Gasteiger partial charge in [-0.3, -0.25) is 9.59 Å². The van der Waals surface area contributed by atoms with Crippen LogP contribution in [0.2, 0.25) is 5.02 Å². The van der Waals surface area contributed by atoms with Crippen LogP contribution in [0.4, 0.5) is 5.69 Å². The van der Waals surface area contributed by atoms with Gasteiger partial charge in [0.05, 0.1) is 10.6 Å². The molecule has 1 fully saturated rings. The third-order valence-electron chi connectivity index (χ3n) is 4.30. The number of carbonyl (C=O) groups excluding carboxylic acids is 2. The van der Waals surface area contributed by atoms with E-state index in [1.807, 2.05) is 24.3 Å². The van der Waals surface area contributed by atoms with Crippen molar-refractivity contribution in [2.45, 2.75) is 38.6 Å². The predicted octanol–water partition coefficient (Wildman–Crippen LogP) is 4.37. The molecule has 27 heavy (non-hydrogen) atoms. The summed E-state index contributed by atoms with van der Waals surface area (Å²) in [6.07, 6.45) is 2.02. The van der Waals surface area contributed by atoms with Crippen molar-refractivity contribution in [1.82, 2.24) is 5.32 Å².